The highest BCUT2D eigenvalue weighted by Gasteiger charge is 2.13. The van der Waals surface area contributed by atoms with Gasteiger partial charge >= 0.3 is 0 Å². The van der Waals surface area contributed by atoms with Crippen molar-refractivity contribution < 1.29 is 4.74 Å². The maximum Gasteiger partial charge on any atom is 0.124 e. The zero-order chi connectivity index (χ0) is 14.1. The molecule has 2 atom stereocenters. The molecule has 0 bridgehead atoms. The van der Waals surface area contributed by atoms with Crippen molar-refractivity contribution in [2.75, 3.05) is 13.2 Å². The first-order valence-electron chi connectivity index (χ1n) is 7.67. The summed E-state index contributed by atoms with van der Waals surface area (Å²) in [5.74, 6) is 1.66. The van der Waals surface area contributed by atoms with Gasteiger partial charge in [0.05, 0.1) is 6.61 Å². The van der Waals surface area contributed by atoms with Crippen LogP contribution in [0.3, 0.4) is 0 Å². The summed E-state index contributed by atoms with van der Waals surface area (Å²) in [6.07, 6.45) is 3.53. The minimum absolute atomic E-state index is 0.391. The lowest BCUT2D eigenvalue weighted by molar-refractivity contribution is 0.247. The first-order chi connectivity index (χ1) is 9.22. The van der Waals surface area contributed by atoms with E-state index in [2.05, 4.69) is 57.3 Å². The van der Waals surface area contributed by atoms with E-state index in [9.17, 15) is 0 Å². The van der Waals surface area contributed by atoms with Gasteiger partial charge in [-0.1, -0.05) is 52.3 Å². The number of ether oxygens (including phenoxy) is 1. The summed E-state index contributed by atoms with van der Waals surface area (Å²) in [6.45, 7) is 10.6. The highest BCUT2D eigenvalue weighted by molar-refractivity contribution is 5.35. The van der Waals surface area contributed by atoms with Crippen LogP contribution in [0.4, 0.5) is 0 Å². The second kappa shape index (κ2) is 8.98. The summed E-state index contributed by atoms with van der Waals surface area (Å²) in [6, 6.07) is 8.81. The van der Waals surface area contributed by atoms with Crippen LogP contribution in [0, 0.1) is 5.92 Å². The molecule has 2 nitrogen and oxygen atoms in total. The molecule has 2 heteroatoms. The summed E-state index contributed by atoms with van der Waals surface area (Å²) >= 11 is 0. The summed E-state index contributed by atoms with van der Waals surface area (Å²) in [5, 5.41) is 3.52. The van der Waals surface area contributed by atoms with Crippen LogP contribution in [-0.2, 0) is 0 Å². The molecule has 1 aromatic carbocycles. The lowest BCUT2D eigenvalue weighted by Gasteiger charge is -2.21. The number of hydrogen-bond donors (Lipinski definition) is 1. The van der Waals surface area contributed by atoms with Gasteiger partial charge in [-0.25, -0.2) is 0 Å². The SMILES string of the molecule is CCCC(C)COc1ccccc1C(CC)NCC. The average Bonchev–Trinajstić information content (AvgIpc) is 2.43. The van der Waals surface area contributed by atoms with E-state index in [1.54, 1.807) is 0 Å². The van der Waals surface area contributed by atoms with Gasteiger partial charge in [0.1, 0.15) is 5.75 Å². The monoisotopic (exact) mass is 263 g/mol. The van der Waals surface area contributed by atoms with Gasteiger partial charge in [-0.3, -0.25) is 0 Å². The van der Waals surface area contributed by atoms with Crippen molar-refractivity contribution in [2.24, 2.45) is 5.92 Å². The fraction of sp³-hybridized carbons (Fsp3) is 0.647. The fourth-order valence-corrected chi connectivity index (χ4v) is 2.43. The highest BCUT2D eigenvalue weighted by atomic mass is 16.5. The lowest BCUT2D eigenvalue weighted by atomic mass is 10.0. The Bertz CT molecular complexity index is 351. The molecule has 0 fully saturated rings. The van der Waals surface area contributed by atoms with Crippen LogP contribution in [-0.4, -0.2) is 13.2 Å². The predicted octanol–water partition coefficient (Wildman–Crippen LogP) is 4.56. The van der Waals surface area contributed by atoms with Crippen LogP contribution in [0.1, 0.15) is 58.6 Å². The number of para-hydroxylation sites is 1. The standard InChI is InChI=1S/C17H29NO/c1-5-10-14(4)13-19-17-12-9-8-11-15(17)16(6-2)18-7-3/h8-9,11-12,14,16,18H,5-7,10,13H2,1-4H3. The van der Waals surface area contributed by atoms with Crippen LogP contribution in [0.25, 0.3) is 0 Å². The summed E-state index contributed by atoms with van der Waals surface area (Å²) in [5.41, 5.74) is 1.29. The average molecular weight is 263 g/mol. The Labute approximate surface area is 118 Å². The van der Waals surface area contributed by atoms with E-state index >= 15 is 0 Å². The van der Waals surface area contributed by atoms with Gasteiger partial charge in [0.2, 0.25) is 0 Å². The molecule has 0 radical (unpaired) electrons. The number of hydrogen-bond acceptors (Lipinski definition) is 2. The molecule has 0 saturated carbocycles. The smallest absolute Gasteiger partial charge is 0.124 e. The van der Waals surface area contributed by atoms with Crippen LogP contribution in [0.5, 0.6) is 5.75 Å². The topological polar surface area (TPSA) is 21.3 Å². The Morgan fingerprint density at radius 3 is 2.53 bits per heavy atom. The number of nitrogens with one attached hydrogen (secondary N) is 1. The van der Waals surface area contributed by atoms with Gasteiger partial charge in [0.15, 0.2) is 0 Å². The third-order valence-corrected chi connectivity index (χ3v) is 3.46. The molecule has 0 saturated heterocycles. The van der Waals surface area contributed by atoms with Crippen LogP contribution in [0.2, 0.25) is 0 Å². The second-order valence-electron chi connectivity index (χ2n) is 5.26. The maximum atomic E-state index is 6.04. The molecule has 1 aromatic rings. The summed E-state index contributed by atoms with van der Waals surface area (Å²) in [4.78, 5) is 0. The van der Waals surface area contributed by atoms with E-state index in [0.717, 1.165) is 25.3 Å². The van der Waals surface area contributed by atoms with E-state index in [1.807, 2.05) is 0 Å². The van der Waals surface area contributed by atoms with E-state index in [4.69, 9.17) is 4.74 Å². The van der Waals surface area contributed by atoms with Gasteiger partial charge in [-0.2, -0.15) is 0 Å². The van der Waals surface area contributed by atoms with E-state index < -0.39 is 0 Å². The molecule has 0 amide bonds. The molecule has 19 heavy (non-hydrogen) atoms. The Morgan fingerprint density at radius 1 is 1.16 bits per heavy atom. The summed E-state index contributed by atoms with van der Waals surface area (Å²) < 4.78 is 6.04. The largest absolute Gasteiger partial charge is 0.493 e. The first-order valence-corrected chi connectivity index (χ1v) is 7.67. The van der Waals surface area contributed by atoms with Gasteiger partial charge in [-0.05, 0) is 31.4 Å². The Morgan fingerprint density at radius 2 is 1.89 bits per heavy atom. The molecule has 0 aliphatic rings. The number of benzene rings is 1. The molecule has 1 N–H and O–H groups in total. The summed E-state index contributed by atoms with van der Waals surface area (Å²) in [7, 11) is 0. The van der Waals surface area contributed by atoms with Crippen molar-refractivity contribution in [3.8, 4) is 5.75 Å². The van der Waals surface area contributed by atoms with Crippen LogP contribution >= 0.6 is 0 Å². The van der Waals surface area contributed by atoms with Gasteiger partial charge < -0.3 is 10.1 Å². The van der Waals surface area contributed by atoms with Gasteiger partial charge in [-0.15, -0.1) is 0 Å². The molecule has 2 unspecified atom stereocenters. The predicted molar refractivity (Wildman–Crippen MR) is 82.7 cm³/mol. The molecule has 0 aromatic heterocycles. The Balaban J connectivity index is 2.71. The quantitative estimate of drug-likeness (QED) is 0.705. The van der Waals surface area contributed by atoms with Crippen molar-refractivity contribution >= 4 is 0 Å². The molecule has 1 rings (SSSR count). The maximum absolute atomic E-state index is 6.04. The van der Waals surface area contributed by atoms with Crippen molar-refractivity contribution in [2.45, 2.75) is 53.0 Å². The minimum atomic E-state index is 0.391. The third-order valence-electron chi connectivity index (χ3n) is 3.46. The Kier molecular flexibility index (Phi) is 7.57. The normalized spacial score (nSPS) is 14.1. The zero-order valence-electron chi connectivity index (χ0n) is 12.9. The fourth-order valence-electron chi connectivity index (χ4n) is 2.43. The molecule has 108 valence electrons. The van der Waals surface area contributed by atoms with Crippen LogP contribution in [0.15, 0.2) is 24.3 Å². The molecule has 0 aliphatic heterocycles. The Hall–Kier alpha value is -1.02. The van der Waals surface area contributed by atoms with Crippen molar-refractivity contribution in [1.82, 2.24) is 5.32 Å². The van der Waals surface area contributed by atoms with Gasteiger partial charge in [0, 0.05) is 11.6 Å². The zero-order valence-corrected chi connectivity index (χ0v) is 12.9. The molecule has 0 aliphatic carbocycles. The minimum Gasteiger partial charge on any atom is -0.493 e. The van der Waals surface area contributed by atoms with Crippen LogP contribution < -0.4 is 10.1 Å². The van der Waals surface area contributed by atoms with E-state index in [-0.39, 0.29) is 0 Å². The molecule has 0 spiro atoms. The molecule has 0 heterocycles. The third kappa shape index (κ3) is 5.23. The molecular weight excluding hydrogens is 234 g/mol. The van der Waals surface area contributed by atoms with E-state index in [0.29, 0.717) is 12.0 Å². The van der Waals surface area contributed by atoms with E-state index in [1.165, 1.54) is 18.4 Å². The van der Waals surface area contributed by atoms with Gasteiger partial charge in [0.25, 0.3) is 0 Å². The van der Waals surface area contributed by atoms with Crippen molar-refractivity contribution in [1.29, 1.82) is 0 Å². The van der Waals surface area contributed by atoms with Crippen molar-refractivity contribution in [3.63, 3.8) is 0 Å². The lowest BCUT2D eigenvalue weighted by Crippen LogP contribution is -2.21. The highest BCUT2D eigenvalue weighted by Crippen LogP contribution is 2.27. The molecular formula is C17H29NO. The second-order valence-corrected chi connectivity index (χ2v) is 5.26. The first kappa shape index (κ1) is 16.0. The number of rotatable bonds is 9. The van der Waals surface area contributed by atoms with Crippen molar-refractivity contribution in [3.05, 3.63) is 29.8 Å².